The van der Waals surface area contributed by atoms with E-state index in [9.17, 15) is 0 Å². The van der Waals surface area contributed by atoms with E-state index < -0.39 is 0 Å². The number of nitrogens with one attached hydrogen (secondary N) is 1. The van der Waals surface area contributed by atoms with E-state index in [-0.39, 0.29) is 4.92 Å². The number of pyridine rings is 2. The molecule has 2 saturated heterocycles. The fraction of sp³-hybridized carbons (Fsp3) is 0.522. The van der Waals surface area contributed by atoms with Gasteiger partial charge in [0.15, 0.2) is 0 Å². The van der Waals surface area contributed by atoms with Crippen LogP contribution in [0, 0.1) is 6.92 Å². The summed E-state index contributed by atoms with van der Waals surface area (Å²) < 4.78 is 3.03. The molecule has 0 spiro atoms. The molecule has 0 radical (unpaired) electrons. The average Bonchev–Trinajstić information content (AvgIpc) is 2.81. The van der Waals surface area contributed by atoms with Crippen molar-refractivity contribution >= 4 is 113 Å². The van der Waals surface area contributed by atoms with Crippen LogP contribution in [0.5, 0.6) is 0 Å². The van der Waals surface area contributed by atoms with E-state index in [1.54, 1.807) is 12.4 Å². The molecule has 6 nitrogen and oxygen atoms in total. The van der Waals surface area contributed by atoms with Crippen LogP contribution in [0.15, 0.2) is 50.3 Å². The van der Waals surface area contributed by atoms with E-state index in [0.29, 0.717) is 0 Å². The van der Waals surface area contributed by atoms with E-state index in [0.717, 1.165) is 59.1 Å². The van der Waals surface area contributed by atoms with Gasteiger partial charge in [0.05, 0.1) is 11.9 Å². The molecule has 2 aromatic rings. The molecule has 0 bridgehead atoms. The molecular formula is C23H36Br3I3N6V-. The van der Waals surface area contributed by atoms with Crippen LogP contribution in [-0.4, -0.2) is 86.2 Å². The Morgan fingerprint density at radius 3 is 1.53 bits per heavy atom. The summed E-state index contributed by atoms with van der Waals surface area (Å²) in [6.07, 6.45) is 8.23. The Morgan fingerprint density at radius 2 is 1.19 bits per heavy atom. The molecule has 0 amide bonds. The van der Waals surface area contributed by atoms with Crippen LogP contribution in [0.25, 0.3) is 0 Å². The molecule has 4 heterocycles. The predicted octanol–water partition coefficient (Wildman–Crippen LogP) is 7.61. The number of hydrogen-bond acceptors (Lipinski definition) is 6. The van der Waals surface area contributed by atoms with Crippen LogP contribution in [0.4, 0.5) is 5.69 Å². The van der Waals surface area contributed by atoms with Gasteiger partial charge < -0.3 is 26.9 Å². The zero-order valence-electron chi connectivity index (χ0n) is 21.0. The number of likely N-dealkylation sites (N-methyl/N-ethyl adjacent to an activating group) is 2. The van der Waals surface area contributed by atoms with Crippen LogP contribution < -0.4 is 10.2 Å². The minimum absolute atomic E-state index is 0.278. The monoisotopic (exact) mass is 1060 g/mol. The van der Waals surface area contributed by atoms with Gasteiger partial charge in [-0.25, -0.2) is 0 Å². The Balaban J connectivity index is 0.000000477. The number of anilines is 1. The van der Waals surface area contributed by atoms with Crippen molar-refractivity contribution in [3.05, 3.63) is 57.3 Å². The molecule has 0 aliphatic carbocycles. The predicted molar refractivity (Wildman–Crippen MR) is 189 cm³/mol. The maximum absolute atomic E-state index is 4.18. The van der Waals surface area contributed by atoms with Crippen LogP contribution >= 0.6 is 108 Å². The van der Waals surface area contributed by atoms with Crippen molar-refractivity contribution in [3.8, 4) is 0 Å². The van der Waals surface area contributed by atoms with Gasteiger partial charge in [0.2, 0.25) is 0 Å². The fourth-order valence-corrected chi connectivity index (χ4v) is 4.19. The summed E-state index contributed by atoms with van der Waals surface area (Å²) in [6.45, 7) is 14.7. The molecule has 2 aliphatic rings. The molecule has 36 heavy (non-hydrogen) atoms. The third-order valence-electron chi connectivity index (χ3n) is 4.57. The first-order valence-corrected chi connectivity index (χ1v) is 27.2. The Morgan fingerprint density at radius 1 is 0.806 bits per heavy atom. The van der Waals surface area contributed by atoms with Gasteiger partial charge in [0, 0.05) is 84.4 Å². The van der Waals surface area contributed by atoms with Crippen LogP contribution in [-0.2, 0) is 4.92 Å². The summed E-state index contributed by atoms with van der Waals surface area (Å²) >= 11 is 17.4. The number of piperazine rings is 2. The summed E-state index contributed by atoms with van der Waals surface area (Å²) in [7, 11) is 4.32. The standard InChI is InChI=1S/C10H14BrN3.C5H3Br2N.C5H12N2.C3H7.3HI.V/c1-13-2-4-14(5-3-13)10-6-9(11)7-12-8-10;6-4-1-5(7)3-8-2-4;1-7-4-2-6-3-5-7;1-3-2;;;;/h6-8H,2-5H2,1H3;1-3H;6H,2-5H2,1H3;1,3H2,2H3;3*1H;/q;;;-1;;;;+3/p-3. The molecule has 0 aromatic carbocycles. The summed E-state index contributed by atoms with van der Waals surface area (Å²) in [5, 5.41) is 3.27. The third kappa shape index (κ3) is 23.0. The zero-order valence-corrected chi connectivity index (χ0v) is 33.6. The molecule has 0 saturated carbocycles. The first-order valence-electron chi connectivity index (χ1n) is 11.3. The third-order valence-corrected chi connectivity index (χ3v) is 5.87. The molecule has 206 valence electrons. The van der Waals surface area contributed by atoms with E-state index in [2.05, 4.69) is 165 Å². The van der Waals surface area contributed by atoms with Gasteiger partial charge in [-0.15, -0.1) is 0 Å². The van der Waals surface area contributed by atoms with Crippen molar-refractivity contribution in [1.82, 2.24) is 25.1 Å². The van der Waals surface area contributed by atoms with Gasteiger partial charge in [-0.3, -0.25) is 9.97 Å². The molecule has 0 atom stereocenters. The van der Waals surface area contributed by atoms with Gasteiger partial charge in [0.25, 0.3) is 0 Å². The number of halogens is 6. The number of nitrogens with zero attached hydrogens (tertiary/aromatic N) is 5. The van der Waals surface area contributed by atoms with Crippen molar-refractivity contribution in [2.45, 2.75) is 13.3 Å². The number of hydrogen-bond donors (Lipinski definition) is 1. The summed E-state index contributed by atoms with van der Waals surface area (Å²) in [6, 6.07) is 4.06. The van der Waals surface area contributed by atoms with Crippen LogP contribution in [0.3, 0.4) is 0 Å². The van der Waals surface area contributed by atoms with Crippen LogP contribution in [0.1, 0.15) is 13.3 Å². The van der Waals surface area contributed by atoms with E-state index in [1.807, 2.05) is 25.4 Å². The van der Waals surface area contributed by atoms with Crippen LogP contribution in [0.2, 0.25) is 0 Å². The van der Waals surface area contributed by atoms with Gasteiger partial charge in [-0.2, -0.15) is 6.42 Å². The second-order valence-corrected chi connectivity index (χ2v) is 45.8. The summed E-state index contributed by atoms with van der Waals surface area (Å²) in [4.78, 5) is 14.8. The van der Waals surface area contributed by atoms with Gasteiger partial charge in [0.1, 0.15) is 0 Å². The van der Waals surface area contributed by atoms with Crippen molar-refractivity contribution in [2.24, 2.45) is 0 Å². The molecule has 0 unspecified atom stereocenters. The maximum atomic E-state index is 4.18. The van der Waals surface area contributed by atoms with Crippen molar-refractivity contribution in [3.63, 3.8) is 0 Å². The SMILES string of the molecule is Brc1cncc(Br)c1.CN1CCN(c2cncc(Br)c2)CC1.CN1CCNCC1.[CH2-]CC.[I][V]([I])[I]. The van der Waals surface area contributed by atoms with E-state index in [4.69, 9.17) is 0 Å². The van der Waals surface area contributed by atoms with Gasteiger partial charge in [-0.1, -0.05) is 6.92 Å². The Bertz CT molecular complexity index is 779. The fourth-order valence-electron chi connectivity index (χ4n) is 2.80. The Hall–Kier alpha value is 2.19. The first kappa shape index (κ1) is 38.2. The second-order valence-electron chi connectivity index (χ2n) is 7.72. The Labute approximate surface area is 281 Å². The first-order chi connectivity index (χ1) is 17.1. The zero-order chi connectivity index (χ0) is 27.3. The van der Waals surface area contributed by atoms with Crippen molar-refractivity contribution < 1.29 is 4.92 Å². The van der Waals surface area contributed by atoms with E-state index in [1.165, 1.54) is 18.8 Å². The topological polar surface area (TPSA) is 47.5 Å². The van der Waals surface area contributed by atoms with Gasteiger partial charge in [-0.05, 0) is 74.0 Å². The molecule has 4 rings (SSSR count). The number of rotatable bonds is 1. The normalized spacial score (nSPS) is 15.7. The summed E-state index contributed by atoms with van der Waals surface area (Å²) in [5.74, 6) is 0. The van der Waals surface area contributed by atoms with Crippen molar-refractivity contribution in [1.29, 1.82) is 0 Å². The Kier molecular flexibility index (Phi) is 26.5. The second kappa shape index (κ2) is 24.9. The minimum atomic E-state index is -0.278. The molecule has 2 aromatic heterocycles. The molecule has 1 N–H and O–H groups in total. The molecule has 2 fully saturated rings. The molecular weight excluding hydrogens is 1030 g/mol. The number of aromatic nitrogens is 2. The van der Waals surface area contributed by atoms with Gasteiger partial charge >= 0.3 is 64.9 Å². The molecule has 2 aliphatic heterocycles. The van der Waals surface area contributed by atoms with Crippen molar-refractivity contribution in [2.75, 3.05) is 71.4 Å². The quantitative estimate of drug-likeness (QED) is 0.235. The molecule has 13 heteroatoms. The average molecular weight is 1070 g/mol. The van der Waals surface area contributed by atoms with E-state index >= 15 is 0 Å². The summed E-state index contributed by atoms with van der Waals surface area (Å²) in [5.41, 5.74) is 1.22.